The van der Waals surface area contributed by atoms with Crippen LogP contribution in [0.15, 0.2) is 0 Å². The molecular formula is C9H17N3O3. The third-order valence-corrected chi connectivity index (χ3v) is 2.79. The summed E-state index contributed by atoms with van der Waals surface area (Å²) < 4.78 is 4.96. The number of carbonyl (C=O) groups is 2. The summed E-state index contributed by atoms with van der Waals surface area (Å²) in [5.74, 6) is -0.758. The number of rotatable bonds is 4. The fourth-order valence-corrected chi connectivity index (χ4v) is 1.49. The van der Waals surface area contributed by atoms with Gasteiger partial charge in [0.2, 0.25) is 11.8 Å². The molecule has 0 aromatic heterocycles. The maximum Gasteiger partial charge on any atom is 0.242 e. The van der Waals surface area contributed by atoms with E-state index in [2.05, 4.69) is 0 Å². The fourth-order valence-electron chi connectivity index (χ4n) is 1.49. The van der Waals surface area contributed by atoms with Crippen LogP contribution >= 0.6 is 0 Å². The van der Waals surface area contributed by atoms with Gasteiger partial charge in [-0.2, -0.15) is 0 Å². The molecule has 1 heterocycles. The highest BCUT2D eigenvalue weighted by Gasteiger charge is 2.39. The van der Waals surface area contributed by atoms with Crippen molar-refractivity contribution in [1.29, 1.82) is 0 Å². The van der Waals surface area contributed by atoms with Gasteiger partial charge in [0.1, 0.15) is 12.1 Å². The summed E-state index contributed by atoms with van der Waals surface area (Å²) in [7, 11) is 1.49. The van der Waals surface area contributed by atoms with E-state index in [4.69, 9.17) is 16.2 Å². The summed E-state index contributed by atoms with van der Waals surface area (Å²) in [4.78, 5) is 24.1. The van der Waals surface area contributed by atoms with Crippen molar-refractivity contribution in [1.82, 2.24) is 4.90 Å². The average molecular weight is 215 g/mol. The summed E-state index contributed by atoms with van der Waals surface area (Å²) in [6.07, 6.45) is 0.251. The van der Waals surface area contributed by atoms with Crippen LogP contribution in [0.3, 0.4) is 0 Å². The lowest BCUT2D eigenvalue weighted by molar-refractivity contribution is -0.149. The second-order valence-electron chi connectivity index (χ2n) is 3.71. The van der Waals surface area contributed by atoms with Gasteiger partial charge in [0.25, 0.3) is 0 Å². The van der Waals surface area contributed by atoms with Crippen molar-refractivity contribution in [3.8, 4) is 0 Å². The van der Waals surface area contributed by atoms with Crippen LogP contribution in [0.5, 0.6) is 0 Å². The zero-order valence-electron chi connectivity index (χ0n) is 8.97. The summed E-state index contributed by atoms with van der Waals surface area (Å²) in [5.41, 5.74) is 10.8. The molecule has 6 heteroatoms. The number of primary amides is 1. The molecule has 6 nitrogen and oxygen atoms in total. The molecule has 4 N–H and O–H groups in total. The van der Waals surface area contributed by atoms with Crippen LogP contribution in [0.1, 0.15) is 13.3 Å². The van der Waals surface area contributed by atoms with E-state index in [1.165, 1.54) is 12.0 Å². The Morgan fingerprint density at radius 2 is 2.13 bits per heavy atom. The van der Waals surface area contributed by atoms with Crippen LogP contribution in [0, 0.1) is 0 Å². The Morgan fingerprint density at radius 1 is 1.53 bits per heavy atom. The highest BCUT2D eigenvalue weighted by atomic mass is 16.5. The molecule has 0 aromatic rings. The molecule has 1 unspecified atom stereocenters. The first-order valence-corrected chi connectivity index (χ1v) is 4.87. The standard InChI is InChI=1S/C9H17N3O3/c1-5(15-2)7(10)9(14)12-4-3-6(12)8(11)13/h5-7H,3-4,10H2,1-2H3,(H2,11,13)/t5-,6?,7+/m1/s1. The number of ether oxygens (including phenoxy) is 1. The van der Waals surface area contributed by atoms with Crippen LogP contribution in [0.4, 0.5) is 0 Å². The number of carbonyl (C=O) groups excluding carboxylic acids is 2. The lowest BCUT2D eigenvalue weighted by atomic mass is 10.00. The summed E-state index contributed by atoms with van der Waals surface area (Å²) in [6.45, 7) is 2.25. The van der Waals surface area contributed by atoms with Crippen molar-refractivity contribution in [2.24, 2.45) is 11.5 Å². The Morgan fingerprint density at radius 3 is 2.47 bits per heavy atom. The van der Waals surface area contributed by atoms with Gasteiger partial charge in [-0.15, -0.1) is 0 Å². The van der Waals surface area contributed by atoms with Gasteiger partial charge < -0.3 is 21.1 Å². The van der Waals surface area contributed by atoms with Gasteiger partial charge in [-0.05, 0) is 13.3 Å². The maximum absolute atomic E-state index is 11.8. The Balaban J connectivity index is 2.57. The molecular weight excluding hydrogens is 198 g/mol. The smallest absolute Gasteiger partial charge is 0.242 e. The maximum atomic E-state index is 11.8. The third kappa shape index (κ3) is 2.27. The Bertz CT molecular complexity index is 269. The molecule has 0 saturated carbocycles. The van der Waals surface area contributed by atoms with Crippen LogP contribution in [-0.4, -0.2) is 48.6 Å². The van der Waals surface area contributed by atoms with E-state index in [9.17, 15) is 9.59 Å². The predicted molar refractivity (Wildman–Crippen MR) is 53.8 cm³/mol. The molecule has 1 aliphatic rings. The van der Waals surface area contributed by atoms with E-state index in [1.54, 1.807) is 6.92 Å². The van der Waals surface area contributed by atoms with E-state index < -0.39 is 18.0 Å². The topological polar surface area (TPSA) is 98.7 Å². The minimum absolute atomic E-state index is 0.278. The second kappa shape index (κ2) is 4.59. The number of methoxy groups -OCH3 is 1. The van der Waals surface area contributed by atoms with E-state index in [0.29, 0.717) is 13.0 Å². The first-order chi connectivity index (χ1) is 6.99. The van der Waals surface area contributed by atoms with E-state index in [-0.39, 0.29) is 12.0 Å². The van der Waals surface area contributed by atoms with Crippen LogP contribution in [-0.2, 0) is 14.3 Å². The monoisotopic (exact) mass is 215 g/mol. The zero-order valence-corrected chi connectivity index (χ0v) is 8.97. The lowest BCUT2D eigenvalue weighted by Crippen LogP contribution is -2.62. The van der Waals surface area contributed by atoms with Gasteiger partial charge in [-0.1, -0.05) is 0 Å². The SMILES string of the molecule is CO[C@H](C)[C@H](N)C(=O)N1CCC1C(N)=O. The van der Waals surface area contributed by atoms with Gasteiger partial charge in [0, 0.05) is 13.7 Å². The quantitative estimate of drug-likeness (QED) is 0.592. The van der Waals surface area contributed by atoms with Crippen molar-refractivity contribution < 1.29 is 14.3 Å². The number of nitrogens with zero attached hydrogens (tertiary/aromatic N) is 1. The summed E-state index contributed by atoms with van der Waals surface area (Å²) >= 11 is 0. The fraction of sp³-hybridized carbons (Fsp3) is 0.778. The molecule has 1 saturated heterocycles. The third-order valence-electron chi connectivity index (χ3n) is 2.79. The molecule has 1 aliphatic heterocycles. The van der Waals surface area contributed by atoms with Gasteiger partial charge in [-0.3, -0.25) is 9.59 Å². The van der Waals surface area contributed by atoms with Crippen molar-refractivity contribution >= 4 is 11.8 Å². The normalized spacial score (nSPS) is 24.2. The lowest BCUT2D eigenvalue weighted by Gasteiger charge is -2.40. The first kappa shape index (κ1) is 11.9. The number of hydrogen-bond acceptors (Lipinski definition) is 4. The molecule has 1 rings (SSSR count). The number of amides is 2. The minimum Gasteiger partial charge on any atom is -0.380 e. The average Bonchev–Trinajstić information content (AvgIpc) is 2.12. The van der Waals surface area contributed by atoms with Gasteiger partial charge >= 0.3 is 0 Å². The van der Waals surface area contributed by atoms with Gasteiger partial charge in [0.15, 0.2) is 0 Å². The van der Waals surface area contributed by atoms with Crippen molar-refractivity contribution in [3.63, 3.8) is 0 Å². The van der Waals surface area contributed by atoms with E-state index in [1.807, 2.05) is 0 Å². The van der Waals surface area contributed by atoms with E-state index >= 15 is 0 Å². The highest BCUT2D eigenvalue weighted by molar-refractivity contribution is 5.90. The Labute approximate surface area is 88.5 Å². The Kier molecular flexibility index (Phi) is 3.65. The second-order valence-corrected chi connectivity index (χ2v) is 3.71. The van der Waals surface area contributed by atoms with Crippen molar-refractivity contribution in [2.75, 3.05) is 13.7 Å². The molecule has 0 bridgehead atoms. The summed E-state index contributed by atoms with van der Waals surface area (Å²) in [5, 5.41) is 0. The van der Waals surface area contributed by atoms with Crippen LogP contribution in [0.2, 0.25) is 0 Å². The van der Waals surface area contributed by atoms with Crippen molar-refractivity contribution in [2.45, 2.75) is 31.5 Å². The molecule has 15 heavy (non-hydrogen) atoms. The molecule has 0 spiro atoms. The highest BCUT2D eigenvalue weighted by Crippen LogP contribution is 2.18. The first-order valence-electron chi connectivity index (χ1n) is 4.87. The number of hydrogen-bond donors (Lipinski definition) is 2. The zero-order chi connectivity index (χ0) is 11.6. The molecule has 86 valence electrons. The minimum atomic E-state index is -0.739. The molecule has 2 amide bonds. The van der Waals surface area contributed by atoms with Crippen LogP contribution < -0.4 is 11.5 Å². The van der Waals surface area contributed by atoms with E-state index in [0.717, 1.165) is 0 Å². The van der Waals surface area contributed by atoms with Gasteiger partial charge in [0.05, 0.1) is 6.10 Å². The number of likely N-dealkylation sites (tertiary alicyclic amines) is 1. The molecule has 0 radical (unpaired) electrons. The van der Waals surface area contributed by atoms with Crippen LogP contribution in [0.25, 0.3) is 0 Å². The molecule has 1 fully saturated rings. The Hall–Kier alpha value is -1.14. The largest absolute Gasteiger partial charge is 0.380 e. The molecule has 0 aromatic carbocycles. The molecule has 0 aliphatic carbocycles. The van der Waals surface area contributed by atoms with Gasteiger partial charge in [-0.25, -0.2) is 0 Å². The number of nitrogens with two attached hydrogens (primary N) is 2. The predicted octanol–water partition coefficient (Wildman–Crippen LogP) is -1.57. The molecule has 3 atom stereocenters. The van der Waals surface area contributed by atoms with Crippen molar-refractivity contribution in [3.05, 3.63) is 0 Å². The summed E-state index contributed by atoms with van der Waals surface area (Å²) in [6, 6.07) is -1.23.